The Morgan fingerprint density at radius 3 is 2.41 bits per heavy atom. The highest BCUT2D eigenvalue weighted by molar-refractivity contribution is 9.10. The predicted molar refractivity (Wildman–Crippen MR) is 81.2 cm³/mol. The Bertz CT molecular complexity index is 484. The number of nitrogens with zero attached hydrogens (tertiary/aromatic N) is 1. The first-order valence-corrected chi connectivity index (χ1v) is 7.25. The first-order valence-electron chi connectivity index (χ1n) is 6.46. The zero-order valence-corrected chi connectivity index (χ0v) is 13.9. The van der Waals surface area contributed by atoms with Crippen LogP contribution in [-0.4, -0.2) is 44.1 Å². The fourth-order valence-electron chi connectivity index (χ4n) is 2.36. The van der Waals surface area contributed by atoms with E-state index in [0.29, 0.717) is 23.1 Å². The number of rotatable bonds is 4. The van der Waals surface area contributed by atoms with Gasteiger partial charge in [0.15, 0.2) is 0 Å². The van der Waals surface area contributed by atoms with Crippen LogP contribution in [-0.2, 0) is 0 Å². The molecule has 1 fully saturated rings. The second kappa shape index (κ2) is 8.33. The molecule has 126 valence electrons. The monoisotopic (exact) mass is 406 g/mol. The van der Waals surface area contributed by atoms with E-state index in [0.717, 1.165) is 13.1 Å². The number of hydrogen-bond acceptors (Lipinski definition) is 3. The molecular weight excluding hydrogens is 392 g/mol. The van der Waals surface area contributed by atoms with E-state index in [1.807, 2.05) is 4.90 Å². The molecule has 1 aliphatic heterocycles. The summed E-state index contributed by atoms with van der Waals surface area (Å²) in [6, 6.07) is 3.50. The van der Waals surface area contributed by atoms with Gasteiger partial charge in [-0.15, -0.1) is 25.6 Å². The number of ether oxygens (including phenoxy) is 1. The molecule has 1 saturated heterocycles. The lowest BCUT2D eigenvalue weighted by atomic mass is 10.1. The minimum absolute atomic E-state index is 0. The Kier molecular flexibility index (Phi) is 7.37. The number of halogens is 6. The normalized spacial score (nSPS) is 17.7. The highest BCUT2D eigenvalue weighted by atomic mass is 79.9. The average Bonchev–Trinajstić information content (AvgIpc) is 2.38. The summed E-state index contributed by atoms with van der Waals surface area (Å²) in [6.45, 7) is 2.10. The molecule has 0 spiro atoms. The van der Waals surface area contributed by atoms with E-state index in [2.05, 4.69) is 26.0 Å². The van der Waals surface area contributed by atoms with Gasteiger partial charge in [-0.3, -0.25) is 4.90 Å². The molecule has 0 radical (unpaired) electrons. The van der Waals surface area contributed by atoms with Gasteiger partial charge in [0.1, 0.15) is 12.4 Å². The maximum absolute atomic E-state index is 13.4. The maximum atomic E-state index is 13.4. The molecule has 1 heterocycles. The Balaban J connectivity index is 0.00000242. The summed E-state index contributed by atoms with van der Waals surface area (Å²) in [4.78, 5) is 1.91. The molecule has 1 atom stereocenters. The summed E-state index contributed by atoms with van der Waals surface area (Å²) in [6.07, 6.45) is -4.77. The van der Waals surface area contributed by atoms with Crippen molar-refractivity contribution in [2.24, 2.45) is 0 Å². The summed E-state index contributed by atoms with van der Waals surface area (Å²) in [5.41, 5.74) is 0.466. The van der Waals surface area contributed by atoms with E-state index in [1.54, 1.807) is 6.07 Å². The molecule has 1 aromatic rings. The van der Waals surface area contributed by atoms with Gasteiger partial charge in [0.05, 0.1) is 6.04 Å². The molecule has 0 unspecified atom stereocenters. The second-order valence-electron chi connectivity index (χ2n) is 4.72. The van der Waals surface area contributed by atoms with Gasteiger partial charge in [0.2, 0.25) is 0 Å². The van der Waals surface area contributed by atoms with Crippen LogP contribution in [0.1, 0.15) is 11.6 Å². The van der Waals surface area contributed by atoms with Crippen LogP contribution >= 0.6 is 28.3 Å². The molecule has 0 bridgehead atoms. The van der Waals surface area contributed by atoms with Gasteiger partial charge >= 0.3 is 6.36 Å². The molecule has 1 aromatic carbocycles. The van der Waals surface area contributed by atoms with Crippen LogP contribution in [0.5, 0.6) is 5.75 Å². The van der Waals surface area contributed by atoms with Crippen molar-refractivity contribution in [1.29, 1.82) is 0 Å². The van der Waals surface area contributed by atoms with E-state index in [-0.39, 0.29) is 18.2 Å². The van der Waals surface area contributed by atoms with E-state index in [9.17, 15) is 17.6 Å². The van der Waals surface area contributed by atoms with Crippen molar-refractivity contribution in [3.8, 4) is 5.75 Å². The molecule has 22 heavy (non-hydrogen) atoms. The average molecular weight is 408 g/mol. The molecule has 0 amide bonds. The Labute approximate surface area is 140 Å². The van der Waals surface area contributed by atoms with Crippen molar-refractivity contribution in [2.75, 3.05) is 32.9 Å². The van der Waals surface area contributed by atoms with E-state index < -0.39 is 19.1 Å². The van der Waals surface area contributed by atoms with Crippen LogP contribution in [0.15, 0.2) is 22.7 Å². The second-order valence-corrected chi connectivity index (χ2v) is 5.64. The molecule has 9 heteroatoms. The summed E-state index contributed by atoms with van der Waals surface area (Å²) >= 11 is 3.14. The quantitative estimate of drug-likeness (QED) is 0.771. The van der Waals surface area contributed by atoms with Gasteiger partial charge in [-0.1, -0.05) is 15.9 Å². The fourth-order valence-corrected chi connectivity index (χ4v) is 2.85. The minimum Gasteiger partial charge on any atom is -0.406 e. The maximum Gasteiger partial charge on any atom is 0.573 e. The highest BCUT2D eigenvalue weighted by Crippen LogP contribution is 2.31. The summed E-state index contributed by atoms with van der Waals surface area (Å²) < 4.78 is 54.7. The van der Waals surface area contributed by atoms with Crippen molar-refractivity contribution >= 4 is 28.3 Å². The molecule has 3 nitrogen and oxygen atoms in total. The van der Waals surface area contributed by atoms with Gasteiger partial charge in [-0.05, 0) is 23.8 Å². The number of nitrogens with one attached hydrogen (secondary N) is 1. The fraction of sp³-hybridized carbons (Fsp3) is 0.538. The molecule has 0 saturated carbocycles. The third kappa shape index (κ3) is 5.57. The Morgan fingerprint density at radius 2 is 1.86 bits per heavy atom. The van der Waals surface area contributed by atoms with Gasteiger partial charge in [-0.2, -0.15) is 0 Å². The molecule has 0 aromatic heterocycles. The van der Waals surface area contributed by atoms with Crippen molar-refractivity contribution in [1.82, 2.24) is 10.2 Å². The lowest BCUT2D eigenvalue weighted by molar-refractivity contribution is -0.274. The van der Waals surface area contributed by atoms with Crippen molar-refractivity contribution in [3.05, 3.63) is 28.2 Å². The van der Waals surface area contributed by atoms with Gasteiger partial charge in [0.25, 0.3) is 0 Å². The third-order valence-electron chi connectivity index (χ3n) is 3.25. The largest absolute Gasteiger partial charge is 0.573 e. The smallest absolute Gasteiger partial charge is 0.406 e. The topological polar surface area (TPSA) is 24.5 Å². The summed E-state index contributed by atoms with van der Waals surface area (Å²) in [5.74, 6) is -0.347. The SMILES string of the molecule is Cl.FC[C@@H](c1cc(Br)cc(OC(F)(F)F)c1)N1CCNCC1. The highest BCUT2D eigenvalue weighted by Gasteiger charge is 2.32. The lowest BCUT2D eigenvalue weighted by Gasteiger charge is -2.33. The number of benzene rings is 1. The van der Waals surface area contributed by atoms with Crippen molar-refractivity contribution < 1.29 is 22.3 Å². The van der Waals surface area contributed by atoms with E-state index >= 15 is 0 Å². The van der Waals surface area contributed by atoms with Gasteiger partial charge in [-0.25, -0.2) is 4.39 Å². The molecule has 2 rings (SSSR count). The standard InChI is InChI=1S/C13H15BrF4N2O.ClH/c14-10-5-9(6-11(7-10)21-13(16,17)18)12(8-15)20-3-1-19-2-4-20;/h5-7,12,19H,1-4,8H2;1H/t12-;/m0./s1. The minimum atomic E-state index is -4.77. The van der Waals surface area contributed by atoms with Crippen LogP contribution in [0.3, 0.4) is 0 Å². The van der Waals surface area contributed by atoms with Crippen molar-refractivity contribution in [2.45, 2.75) is 12.4 Å². The molecular formula is C13H16BrClF4N2O. The van der Waals surface area contributed by atoms with E-state index in [4.69, 9.17) is 0 Å². The van der Waals surface area contributed by atoms with Gasteiger partial charge in [0, 0.05) is 30.7 Å². The lowest BCUT2D eigenvalue weighted by Crippen LogP contribution is -2.45. The zero-order valence-electron chi connectivity index (χ0n) is 11.5. The molecule has 1 aliphatic rings. The Morgan fingerprint density at radius 1 is 1.23 bits per heavy atom. The summed E-state index contributed by atoms with van der Waals surface area (Å²) in [5, 5.41) is 3.15. The van der Waals surface area contributed by atoms with Gasteiger partial charge < -0.3 is 10.1 Å². The number of hydrogen-bond donors (Lipinski definition) is 1. The third-order valence-corrected chi connectivity index (χ3v) is 3.71. The van der Waals surface area contributed by atoms with Crippen LogP contribution < -0.4 is 10.1 Å². The van der Waals surface area contributed by atoms with Crippen LogP contribution in [0, 0.1) is 0 Å². The van der Waals surface area contributed by atoms with Crippen LogP contribution in [0.2, 0.25) is 0 Å². The molecule has 1 N–H and O–H groups in total. The summed E-state index contributed by atoms with van der Waals surface area (Å²) in [7, 11) is 0. The van der Waals surface area contributed by atoms with Crippen LogP contribution in [0.25, 0.3) is 0 Å². The first-order chi connectivity index (χ1) is 9.89. The predicted octanol–water partition coefficient (Wildman–Crippen LogP) is 3.69. The van der Waals surface area contributed by atoms with Crippen molar-refractivity contribution in [3.63, 3.8) is 0 Å². The van der Waals surface area contributed by atoms with Crippen LogP contribution in [0.4, 0.5) is 17.6 Å². The zero-order chi connectivity index (χ0) is 15.5. The number of alkyl halides is 4. The first kappa shape index (κ1) is 19.5. The number of piperazine rings is 1. The Hall–Kier alpha value is -0.570. The molecule has 0 aliphatic carbocycles. The van der Waals surface area contributed by atoms with E-state index in [1.165, 1.54) is 12.1 Å².